The second kappa shape index (κ2) is 11.1. The third-order valence-corrected chi connectivity index (χ3v) is 7.60. The van der Waals surface area contributed by atoms with Crippen LogP contribution in [0.4, 0.5) is 0 Å². The van der Waals surface area contributed by atoms with Crippen LogP contribution >= 0.6 is 0 Å². The number of hydrogen-bond donors (Lipinski definition) is 4. The van der Waals surface area contributed by atoms with E-state index >= 15 is 0 Å². The maximum atomic E-state index is 13.4. The lowest BCUT2D eigenvalue weighted by molar-refractivity contribution is -0.129. The first kappa shape index (κ1) is 26.8. The third kappa shape index (κ3) is 5.95. The third-order valence-electron chi connectivity index (χ3n) is 7.60. The number of benzene rings is 1. The van der Waals surface area contributed by atoms with Crippen molar-refractivity contribution in [1.82, 2.24) is 25.6 Å². The van der Waals surface area contributed by atoms with Crippen LogP contribution in [0.25, 0.3) is 22.3 Å². The number of hydrogen-bond acceptors (Lipinski definition) is 7. The first-order valence-electron chi connectivity index (χ1n) is 13.6. The SMILES string of the molecule is CC(=O)c1ccc(OCC2CC2)c(-c2ncnc3c(C(=O)NC4CCC(NC(=O)[C@H](C)O)CC4)c(C)[nH]c23)c1. The maximum absolute atomic E-state index is 13.4. The number of carbonyl (C=O) groups is 3. The van der Waals surface area contributed by atoms with E-state index in [0.717, 1.165) is 38.5 Å². The number of ketones is 1. The van der Waals surface area contributed by atoms with Crippen molar-refractivity contribution < 1.29 is 24.2 Å². The normalized spacial score (nSPS) is 19.9. The number of nitrogens with one attached hydrogen (secondary N) is 3. The summed E-state index contributed by atoms with van der Waals surface area (Å²) in [5.74, 6) is 0.552. The lowest BCUT2D eigenvalue weighted by atomic mass is 9.90. The number of H-pyrrole nitrogens is 1. The van der Waals surface area contributed by atoms with Crippen molar-refractivity contribution in [3.8, 4) is 17.0 Å². The summed E-state index contributed by atoms with van der Waals surface area (Å²) < 4.78 is 6.12. The van der Waals surface area contributed by atoms with E-state index in [4.69, 9.17) is 4.74 Å². The van der Waals surface area contributed by atoms with E-state index in [1.807, 2.05) is 13.0 Å². The molecule has 2 saturated carbocycles. The molecule has 1 atom stereocenters. The van der Waals surface area contributed by atoms with Gasteiger partial charge in [-0.05, 0) is 83.4 Å². The highest BCUT2D eigenvalue weighted by molar-refractivity contribution is 6.09. The zero-order valence-corrected chi connectivity index (χ0v) is 22.5. The fraction of sp³-hybridized carbons (Fsp3) is 0.483. The van der Waals surface area contributed by atoms with Crippen molar-refractivity contribution in [2.24, 2.45) is 5.92 Å². The van der Waals surface area contributed by atoms with Crippen molar-refractivity contribution in [1.29, 1.82) is 0 Å². The van der Waals surface area contributed by atoms with Crippen LogP contribution in [0.3, 0.4) is 0 Å². The average molecular weight is 534 g/mol. The Balaban J connectivity index is 1.38. The minimum Gasteiger partial charge on any atom is -0.493 e. The number of aryl methyl sites for hydroxylation is 1. The molecular formula is C29H35N5O5. The molecule has 2 aliphatic carbocycles. The zero-order chi connectivity index (χ0) is 27.7. The van der Waals surface area contributed by atoms with Gasteiger partial charge in [-0.15, -0.1) is 0 Å². The van der Waals surface area contributed by atoms with E-state index in [1.165, 1.54) is 20.2 Å². The molecule has 2 heterocycles. The smallest absolute Gasteiger partial charge is 0.255 e. The summed E-state index contributed by atoms with van der Waals surface area (Å²) in [6.45, 7) is 5.42. The second-order valence-corrected chi connectivity index (χ2v) is 10.8. The molecule has 0 aliphatic heterocycles. The van der Waals surface area contributed by atoms with Gasteiger partial charge in [0.15, 0.2) is 5.78 Å². The molecule has 5 rings (SSSR count). The summed E-state index contributed by atoms with van der Waals surface area (Å²) in [5.41, 5.74) is 4.06. The van der Waals surface area contributed by atoms with Crippen LogP contribution in [0.2, 0.25) is 0 Å². The van der Waals surface area contributed by atoms with Crippen LogP contribution in [-0.4, -0.2) is 62.5 Å². The number of rotatable bonds is 9. The van der Waals surface area contributed by atoms with Crippen molar-refractivity contribution >= 4 is 28.6 Å². The number of carbonyl (C=O) groups excluding carboxylic acids is 3. The Morgan fingerprint density at radius 2 is 1.77 bits per heavy atom. The number of fused-ring (bicyclic) bond motifs is 1. The Morgan fingerprint density at radius 3 is 2.41 bits per heavy atom. The monoisotopic (exact) mass is 533 g/mol. The van der Waals surface area contributed by atoms with Gasteiger partial charge in [-0.2, -0.15) is 0 Å². The number of nitrogens with zero attached hydrogens (tertiary/aromatic N) is 2. The number of aliphatic hydroxyl groups excluding tert-OH is 1. The summed E-state index contributed by atoms with van der Waals surface area (Å²) in [4.78, 5) is 49.7. The summed E-state index contributed by atoms with van der Waals surface area (Å²) in [6, 6.07) is 5.32. The van der Waals surface area contributed by atoms with Crippen LogP contribution in [0.15, 0.2) is 24.5 Å². The molecular weight excluding hydrogens is 498 g/mol. The van der Waals surface area contributed by atoms with Crippen molar-refractivity contribution in [2.45, 2.75) is 77.5 Å². The van der Waals surface area contributed by atoms with Crippen molar-refractivity contribution in [3.63, 3.8) is 0 Å². The molecule has 3 aromatic rings. The highest BCUT2D eigenvalue weighted by Crippen LogP contribution is 2.37. The molecule has 39 heavy (non-hydrogen) atoms. The molecule has 1 aromatic carbocycles. The Hall–Kier alpha value is -3.79. The molecule has 2 amide bonds. The number of aromatic nitrogens is 3. The van der Waals surface area contributed by atoms with Crippen molar-refractivity contribution in [3.05, 3.63) is 41.3 Å². The topological polar surface area (TPSA) is 146 Å². The first-order valence-corrected chi connectivity index (χ1v) is 13.6. The first-order chi connectivity index (χ1) is 18.7. The highest BCUT2D eigenvalue weighted by Gasteiger charge is 2.28. The second-order valence-electron chi connectivity index (χ2n) is 10.8. The molecule has 10 nitrogen and oxygen atoms in total. The number of amides is 2. The van der Waals surface area contributed by atoms with Gasteiger partial charge in [0.2, 0.25) is 5.91 Å². The maximum Gasteiger partial charge on any atom is 0.255 e. The molecule has 0 bridgehead atoms. The van der Waals surface area contributed by atoms with E-state index in [9.17, 15) is 19.5 Å². The molecule has 0 unspecified atom stereocenters. The molecule has 0 spiro atoms. The van der Waals surface area contributed by atoms with Gasteiger partial charge in [-0.25, -0.2) is 9.97 Å². The predicted molar refractivity (Wildman–Crippen MR) is 146 cm³/mol. The quantitative estimate of drug-likeness (QED) is 0.308. The van der Waals surface area contributed by atoms with Crippen LogP contribution < -0.4 is 15.4 Å². The van der Waals surface area contributed by atoms with Gasteiger partial charge in [0.25, 0.3) is 5.91 Å². The fourth-order valence-corrected chi connectivity index (χ4v) is 5.12. The lowest BCUT2D eigenvalue weighted by Crippen LogP contribution is -2.46. The van der Waals surface area contributed by atoms with Gasteiger partial charge in [0.05, 0.1) is 17.7 Å². The van der Waals surface area contributed by atoms with E-state index < -0.39 is 6.10 Å². The average Bonchev–Trinajstić information content (AvgIpc) is 3.67. The number of aromatic amines is 1. The molecule has 2 fully saturated rings. The Morgan fingerprint density at radius 1 is 1.08 bits per heavy atom. The molecule has 10 heteroatoms. The lowest BCUT2D eigenvalue weighted by Gasteiger charge is -2.30. The number of Topliss-reactive ketones (excluding diaryl/α,β-unsaturated/α-hetero) is 1. The van der Waals surface area contributed by atoms with Gasteiger partial charge >= 0.3 is 0 Å². The molecule has 2 aromatic heterocycles. The van der Waals surface area contributed by atoms with Crippen LogP contribution in [0.1, 0.15) is 78.8 Å². The number of aliphatic hydroxyl groups is 1. The van der Waals surface area contributed by atoms with Gasteiger partial charge in [0, 0.05) is 28.9 Å². The highest BCUT2D eigenvalue weighted by atomic mass is 16.5. The molecule has 206 valence electrons. The van der Waals surface area contributed by atoms with Gasteiger partial charge in [-0.1, -0.05) is 0 Å². The predicted octanol–water partition coefficient (Wildman–Crippen LogP) is 3.46. The van der Waals surface area contributed by atoms with E-state index in [-0.39, 0.29) is 29.7 Å². The van der Waals surface area contributed by atoms with E-state index in [0.29, 0.717) is 57.4 Å². The fourth-order valence-electron chi connectivity index (χ4n) is 5.12. The Labute approximate surface area is 227 Å². The van der Waals surface area contributed by atoms with Crippen molar-refractivity contribution in [2.75, 3.05) is 6.61 Å². The number of ether oxygens (including phenoxy) is 1. The molecule has 4 N–H and O–H groups in total. The van der Waals surface area contributed by atoms with Gasteiger partial charge in [-0.3, -0.25) is 14.4 Å². The van der Waals surface area contributed by atoms with E-state index in [2.05, 4.69) is 25.6 Å². The summed E-state index contributed by atoms with van der Waals surface area (Å²) in [5, 5.41) is 15.4. The molecule has 2 aliphatic rings. The van der Waals surface area contributed by atoms with Crippen LogP contribution in [0, 0.1) is 12.8 Å². The molecule has 0 saturated heterocycles. The summed E-state index contributed by atoms with van der Waals surface area (Å²) >= 11 is 0. The largest absolute Gasteiger partial charge is 0.493 e. The summed E-state index contributed by atoms with van der Waals surface area (Å²) in [6.07, 6.45) is 5.59. The van der Waals surface area contributed by atoms with Gasteiger partial charge in [0.1, 0.15) is 29.4 Å². The van der Waals surface area contributed by atoms with E-state index in [1.54, 1.807) is 12.1 Å². The van der Waals surface area contributed by atoms with Crippen LogP contribution in [-0.2, 0) is 4.79 Å². The zero-order valence-electron chi connectivity index (χ0n) is 22.5. The van der Waals surface area contributed by atoms with Gasteiger partial charge < -0.3 is 25.5 Å². The standard InChI is InChI=1S/C29H35N5O5/c1-15-24(29(38)34-21-9-7-20(8-10-21)33-28(37)17(3)36)26-27(32-15)25(30-14-31-26)22-12-19(16(2)35)6-11-23(22)39-13-18-4-5-18/h6,11-12,14,17-18,20-21,32,36H,4-5,7-10,13H2,1-3H3,(H,33,37)(H,34,38)/t17-,20?,21?/m0/s1. The minimum absolute atomic E-state index is 0.00697. The molecule has 0 radical (unpaired) electrons. The van der Waals surface area contributed by atoms with Crippen LogP contribution in [0.5, 0.6) is 5.75 Å². The Kier molecular flexibility index (Phi) is 7.65. The summed E-state index contributed by atoms with van der Waals surface area (Å²) in [7, 11) is 0. The Bertz CT molecular complexity index is 1400. The minimum atomic E-state index is -1.04.